The maximum atomic E-state index is 11.8. The van der Waals surface area contributed by atoms with Crippen LogP contribution in [0.3, 0.4) is 0 Å². The smallest absolute Gasteiger partial charge is 0.303 e. The van der Waals surface area contributed by atoms with Gasteiger partial charge in [0.15, 0.2) is 24.6 Å². The quantitative estimate of drug-likeness (QED) is 0.0856. The Hall–Kier alpha value is -2.20. The van der Waals surface area contributed by atoms with Crippen LogP contribution in [0.15, 0.2) is 0 Å². The predicted molar refractivity (Wildman–Crippen MR) is 160 cm³/mol. The first-order valence-electron chi connectivity index (χ1n) is 16.0. The number of ether oxygens (including phenoxy) is 6. The number of esters is 4. The monoisotopic (exact) mass is 602 g/mol. The van der Waals surface area contributed by atoms with Crippen molar-refractivity contribution in [3.05, 3.63) is 0 Å². The van der Waals surface area contributed by atoms with Crippen molar-refractivity contribution in [3.63, 3.8) is 0 Å². The Morgan fingerprint density at radius 3 is 1.38 bits per heavy atom. The van der Waals surface area contributed by atoms with E-state index in [9.17, 15) is 19.2 Å². The number of hydrogen-bond acceptors (Lipinski definition) is 10. The molecule has 0 aliphatic carbocycles. The average Bonchev–Trinajstić information content (AvgIpc) is 2.92. The first kappa shape index (κ1) is 39.8. The zero-order chi connectivity index (χ0) is 31.8. The normalized spacial score (nSPS) is 21.5. The zero-order valence-corrected chi connectivity index (χ0v) is 27.3. The lowest BCUT2D eigenvalue weighted by molar-refractivity contribution is -0.308. The van der Waals surface area contributed by atoms with Gasteiger partial charge in [0.1, 0.15) is 12.7 Å². The summed E-state index contributed by atoms with van der Waals surface area (Å²) in [7, 11) is 0. The van der Waals surface area contributed by atoms with Crippen LogP contribution in [0.25, 0.3) is 0 Å². The van der Waals surface area contributed by atoms with Gasteiger partial charge in [-0.05, 0) is 6.42 Å². The van der Waals surface area contributed by atoms with Gasteiger partial charge in [-0.15, -0.1) is 0 Å². The van der Waals surface area contributed by atoms with Gasteiger partial charge in [0.05, 0.1) is 0 Å². The van der Waals surface area contributed by atoms with Gasteiger partial charge < -0.3 is 28.4 Å². The first-order valence-corrected chi connectivity index (χ1v) is 16.0. The van der Waals surface area contributed by atoms with E-state index in [1.165, 1.54) is 98.3 Å². The van der Waals surface area contributed by atoms with Crippen molar-refractivity contribution >= 4 is 23.9 Å². The van der Waals surface area contributed by atoms with Crippen molar-refractivity contribution in [2.45, 2.75) is 169 Å². The first-order chi connectivity index (χ1) is 20.1. The minimum absolute atomic E-state index is 0.268. The summed E-state index contributed by atoms with van der Waals surface area (Å²) < 4.78 is 33.0. The molecule has 0 aromatic carbocycles. The lowest BCUT2D eigenvalue weighted by Gasteiger charge is -2.44. The Kier molecular flexibility index (Phi) is 24.0. The number of carbonyl (C=O) groups excluding carboxylic acids is 4. The van der Waals surface area contributed by atoms with Crippen LogP contribution in [0.2, 0.25) is 0 Å². The fraction of sp³-hybridized carbons (Fsp3) is 0.875. The zero-order valence-electron chi connectivity index (χ0n) is 27.3. The molecular formula is C32H58O10. The van der Waals surface area contributed by atoms with E-state index in [2.05, 4.69) is 20.8 Å². The van der Waals surface area contributed by atoms with E-state index in [1.54, 1.807) is 0 Å². The van der Waals surface area contributed by atoms with Crippen LogP contribution < -0.4 is 0 Å². The third-order valence-corrected chi connectivity index (χ3v) is 6.69. The molecule has 246 valence electrons. The molecule has 1 aliphatic rings. The number of carbonyl (C=O) groups is 4. The second-order valence-electron chi connectivity index (χ2n) is 10.8. The van der Waals surface area contributed by atoms with Crippen molar-refractivity contribution in [1.29, 1.82) is 0 Å². The number of unbranched alkanes of at least 4 members (excludes halogenated alkanes) is 12. The Morgan fingerprint density at radius 2 is 0.929 bits per heavy atom. The molecule has 1 fully saturated rings. The Labute approximate surface area is 253 Å². The molecule has 5 unspecified atom stereocenters. The van der Waals surface area contributed by atoms with Gasteiger partial charge in [0, 0.05) is 34.3 Å². The highest BCUT2D eigenvalue weighted by Gasteiger charge is 2.52. The molecule has 5 atom stereocenters. The minimum Gasteiger partial charge on any atom is -0.463 e. The molecule has 1 aliphatic heterocycles. The van der Waals surface area contributed by atoms with Crippen LogP contribution in [-0.4, -0.2) is 67.8 Å². The van der Waals surface area contributed by atoms with Crippen LogP contribution in [0.4, 0.5) is 0 Å². The third kappa shape index (κ3) is 19.8. The topological polar surface area (TPSA) is 124 Å². The standard InChI is InChI=1S/C26H44O10.C6H14/c1-6-7-8-9-10-11-12-13-14-15-16-31-26-25(35-21(5)30)24(34-20(4)29)23(33-19(3)28)22(36-26)17-32-18(2)27;1-3-5-6-4-2/h22-26H,6-17H2,1-5H3;3-6H2,1-2H3. The van der Waals surface area contributed by atoms with Crippen molar-refractivity contribution in [2.75, 3.05) is 13.2 Å². The van der Waals surface area contributed by atoms with Gasteiger partial charge in [-0.2, -0.15) is 0 Å². The summed E-state index contributed by atoms with van der Waals surface area (Å²) in [4.78, 5) is 46.8. The molecule has 42 heavy (non-hydrogen) atoms. The molecule has 0 bridgehead atoms. The van der Waals surface area contributed by atoms with Crippen LogP contribution in [0.5, 0.6) is 0 Å². The highest BCUT2D eigenvalue weighted by Crippen LogP contribution is 2.30. The minimum atomic E-state index is -1.21. The van der Waals surface area contributed by atoms with E-state index >= 15 is 0 Å². The molecule has 10 heteroatoms. The largest absolute Gasteiger partial charge is 0.463 e. The molecule has 0 radical (unpaired) electrons. The molecule has 10 nitrogen and oxygen atoms in total. The van der Waals surface area contributed by atoms with Gasteiger partial charge in [0.25, 0.3) is 0 Å². The molecule has 0 amide bonds. The molecule has 0 N–H and O–H groups in total. The Morgan fingerprint density at radius 1 is 0.524 bits per heavy atom. The van der Waals surface area contributed by atoms with E-state index < -0.39 is 54.6 Å². The fourth-order valence-corrected chi connectivity index (χ4v) is 4.61. The van der Waals surface area contributed by atoms with Gasteiger partial charge in [-0.25, -0.2) is 0 Å². The molecule has 1 heterocycles. The van der Waals surface area contributed by atoms with Crippen LogP contribution in [0.1, 0.15) is 138 Å². The fourth-order valence-electron chi connectivity index (χ4n) is 4.61. The molecule has 1 rings (SSSR count). The predicted octanol–water partition coefficient (Wildman–Crippen LogP) is 6.59. The summed E-state index contributed by atoms with van der Waals surface area (Å²) in [5.41, 5.74) is 0. The summed E-state index contributed by atoms with van der Waals surface area (Å²) in [6.07, 6.45) is 11.5. The number of hydrogen-bond donors (Lipinski definition) is 0. The molecule has 0 saturated carbocycles. The second kappa shape index (κ2) is 25.3. The van der Waals surface area contributed by atoms with Crippen LogP contribution >= 0.6 is 0 Å². The van der Waals surface area contributed by atoms with Crippen molar-refractivity contribution in [1.82, 2.24) is 0 Å². The van der Waals surface area contributed by atoms with Gasteiger partial charge in [-0.3, -0.25) is 19.2 Å². The summed E-state index contributed by atoms with van der Waals surface area (Å²) in [6.45, 7) is 11.5. The van der Waals surface area contributed by atoms with Crippen molar-refractivity contribution < 1.29 is 47.6 Å². The van der Waals surface area contributed by atoms with Gasteiger partial charge >= 0.3 is 23.9 Å². The van der Waals surface area contributed by atoms with E-state index in [-0.39, 0.29) is 6.61 Å². The van der Waals surface area contributed by atoms with Crippen molar-refractivity contribution in [2.24, 2.45) is 0 Å². The molecule has 0 aromatic heterocycles. The van der Waals surface area contributed by atoms with Crippen LogP contribution in [0, 0.1) is 0 Å². The summed E-state index contributed by atoms with van der Waals surface area (Å²) in [5.74, 6) is -2.54. The Balaban J connectivity index is 0.00000252. The molecule has 0 aromatic rings. The lowest BCUT2D eigenvalue weighted by Crippen LogP contribution is -2.63. The molecular weight excluding hydrogens is 544 g/mol. The van der Waals surface area contributed by atoms with E-state index in [4.69, 9.17) is 28.4 Å². The second-order valence-corrected chi connectivity index (χ2v) is 10.8. The highest BCUT2D eigenvalue weighted by atomic mass is 16.7. The van der Waals surface area contributed by atoms with Crippen LogP contribution in [-0.2, 0) is 47.6 Å². The summed E-state index contributed by atoms with van der Waals surface area (Å²) in [6, 6.07) is 0. The third-order valence-electron chi connectivity index (χ3n) is 6.69. The summed E-state index contributed by atoms with van der Waals surface area (Å²) >= 11 is 0. The number of rotatable bonds is 20. The Bertz CT molecular complexity index is 737. The van der Waals surface area contributed by atoms with E-state index in [0.717, 1.165) is 19.3 Å². The highest BCUT2D eigenvalue weighted by molar-refractivity contribution is 5.68. The van der Waals surface area contributed by atoms with Crippen molar-refractivity contribution in [3.8, 4) is 0 Å². The molecule has 1 saturated heterocycles. The lowest BCUT2D eigenvalue weighted by atomic mass is 9.98. The van der Waals surface area contributed by atoms with E-state index in [1.807, 2.05) is 0 Å². The maximum absolute atomic E-state index is 11.8. The van der Waals surface area contributed by atoms with Gasteiger partial charge in [-0.1, -0.05) is 104 Å². The summed E-state index contributed by atoms with van der Waals surface area (Å²) in [5, 5.41) is 0. The van der Waals surface area contributed by atoms with Gasteiger partial charge in [0.2, 0.25) is 0 Å². The average molecular weight is 603 g/mol. The molecule has 0 spiro atoms. The SMILES string of the molecule is CCCCCC.CCCCCCCCCCCCOC1OC(COC(C)=O)C(OC(C)=O)C(OC(C)=O)C1OC(C)=O. The maximum Gasteiger partial charge on any atom is 0.303 e. The van der Waals surface area contributed by atoms with E-state index in [0.29, 0.717) is 6.61 Å².